The van der Waals surface area contributed by atoms with Crippen LogP contribution in [0.1, 0.15) is 18.4 Å². The lowest BCUT2D eigenvalue weighted by atomic mass is 9.96. The highest BCUT2D eigenvalue weighted by atomic mass is 32.2. The van der Waals surface area contributed by atoms with Gasteiger partial charge < -0.3 is 15.3 Å². The molecule has 30 heavy (non-hydrogen) atoms. The number of para-hydroxylation sites is 2. The minimum Gasteiger partial charge on any atom is -0.506 e. The summed E-state index contributed by atoms with van der Waals surface area (Å²) in [6.45, 7) is 1.50. The first kappa shape index (κ1) is 20.2. The van der Waals surface area contributed by atoms with E-state index in [9.17, 15) is 9.90 Å². The van der Waals surface area contributed by atoms with Crippen molar-refractivity contribution in [2.75, 3.05) is 23.3 Å². The molecule has 7 heteroatoms. The zero-order chi connectivity index (χ0) is 20.8. The van der Waals surface area contributed by atoms with Crippen LogP contribution in [0.25, 0.3) is 0 Å². The van der Waals surface area contributed by atoms with Gasteiger partial charge in [-0.15, -0.1) is 11.8 Å². The van der Waals surface area contributed by atoms with Gasteiger partial charge in [0.05, 0.1) is 18.1 Å². The molecule has 1 aliphatic heterocycles. The van der Waals surface area contributed by atoms with Crippen LogP contribution >= 0.6 is 11.8 Å². The molecule has 2 heterocycles. The van der Waals surface area contributed by atoms with E-state index in [4.69, 9.17) is 4.98 Å². The number of carbonyl (C=O) groups is 1. The Bertz CT molecular complexity index is 991. The number of thioether (sulfide) groups is 1. The molecule has 2 aromatic carbocycles. The first-order valence-corrected chi connectivity index (χ1v) is 11.0. The molecular weight excluding hydrogens is 396 g/mol. The fourth-order valence-corrected chi connectivity index (χ4v) is 4.28. The van der Waals surface area contributed by atoms with Crippen molar-refractivity contribution in [1.82, 2.24) is 9.97 Å². The van der Waals surface area contributed by atoms with Gasteiger partial charge in [-0.3, -0.25) is 9.78 Å². The van der Waals surface area contributed by atoms with Crippen LogP contribution in [-0.4, -0.2) is 34.1 Å². The van der Waals surface area contributed by atoms with Crippen molar-refractivity contribution in [2.45, 2.75) is 23.6 Å². The average molecular weight is 421 g/mol. The smallest absolute Gasteiger partial charge is 0.227 e. The Kier molecular flexibility index (Phi) is 6.49. The zero-order valence-corrected chi connectivity index (χ0v) is 17.4. The van der Waals surface area contributed by atoms with Gasteiger partial charge in [0.2, 0.25) is 5.91 Å². The second-order valence-corrected chi connectivity index (χ2v) is 8.25. The minimum atomic E-state index is -0.0792. The quantitative estimate of drug-likeness (QED) is 0.457. The maximum atomic E-state index is 12.6. The molecule has 0 radical (unpaired) electrons. The Labute approximate surface area is 180 Å². The topological polar surface area (TPSA) is 78.4 Å². The van der Waals surface area contributed by atoms with E-state index in [-0.39, 0.29) is 17.6 Å². The van der Waals surface area contributed by atoms with E-state index in [1.807, 2.05) is 18.2 Å². The number of phenols is 1. The molecule has 3 aromatic rings. The first-order valence-electron chi connectivity index (χ1n) is 10.0. The predicted octanol–water partition coefficient (Wildman–Crippen LogP) is 4.33. The van der Waals surface area contributed by atoms with Crippen LogP contribution in [0, 0.1) is 5.92 Å². The average Bonchev–Trinajstić information content (AvgIpc) is 2.80. The van der Waals surface area contributed by atoms with Gasteiger partial charge in [0, 0.05) is 24.8 Å². The van der Waals surface area contributed by atoms with Crippen LogP contribution in [0.5, 0.6) is 5.75 Å². The number of anilines is 2. The molecule has 0 saturated carbocycles. The fraction of sp³-hybridized carbons (Fsp3) is 0.261. The minimum absolute atomic E-state index is 0.0469. The highest BCUT2D eigenvalue weighted by molar-refractivity contribution is 7.98. The van der Waals surface area contributed by atoms with Gasteiger partial charge >= 0.3 is 0 Å². The fourth-order valence-electron chi connectivity index (χ4n) is 3.48. The van der Waals surface area contributed by atoms with Crippen molar-refractivity contribution < 1.29 is 9.90 Å². The molecular formula is C23H24N4O2S. The van der Waals surface area contributed by atoms with Gasteiger partial charge in [-0.05, 0) is 30.5 Å². The van der Waals surface area contributed by atoms with Gasteiger partial charge in [0.1, 0.15) is 16.6 Å². The summed E-state index contributed by atoms with van der Waals surface area (Å²) in [4.78, 5) is 23.9. The number of piperidine rings is 1. The van der Waals surface area contributed by atoms with Crippen molar-refractivity contribution in [3.05, 3.63) is 72.6 Å². The summed E-state index contributed by atoms with van der Waals surface area (Å²) in [6, 6.07) is 17.1. The molecule has 2 N–H and O–H groups in total. The molecule has 6 nitrogen and oxygen atoms in total. The predicted molar refractivity (Wildman–Crippen MR) is 120 cm³/mol. The molecule has 1 saturated heterocycles. The van der Waals surface area contributed by atoms with E-state index in [2.05, 4.69) is 27.3 Å². The number of nitrogens with one attached hydrogen (secondary N) is 1. The Hall–Kier alpha value is -3.06. The maximum Gasteiger partial charge on any atom is 0.227 e. The Morgan fingerprint density at radius 2 is 1.80 bits per heavy atom. The lowest BCUT2D eigenvalue weighted by Gasteiger charge is -2.32. The lowest BCUT2D eigenvalue weighted by molar-refractivity contribution is -0.120. The van der Waals surface area contributed by atoms with Gasteiger partial charge in [-0.25, -0.2) is 4.98 Å². The number of aromatic nitrogens is 2. The van der Waals surface area contributed by atoms with Crippen molar-refractivity contribution in [3.8, 4) is 5.75 Å². The number of carbonyl (C=O) groups excluding carboxylic acids is 1. The van der Waals surface area contributed by atoms with Gasteiger partial charge in [-0.1, -0.05) is 42.5 Å². The molecule has 0 aliphatic carbocycles. The number of rotatable bonds is 6. The van der Waals surface area contributed by atoms with Crippen LogP contribution in [0.4, 0.5) is 11.5 Å². The van der Waals surface area contributed by atoms with Gasteiger partial charge in [0.15, 0.2) is 0 Å². The molecule has 1 aromatic heterocycles. The Morgan fingerprint density at radius 1 is 1.07 bits per heavy atom. The number of aromatic hydroxyl groups is 1. The molecule has 0 unspecified atom stereocenters. The standard InChI is InChI=1S/C23H24N4O2S/c28-20-9-5-4-8-19(20)25-23(29)18-10-12-27(13-11-18)21-14-24-15-22(26-21)30-16-17-6-2-1-3-7-17/h1-9,14-15,18,28H,10-13,16H2,(H,25,29). The third-order valence-corrected chi connectivity index (χ3v) is 6.15. The second-order valence-electron chi connectivity index (χ2n) is 7.26. The normalized spacial score (nSPS) is 14.5. The zero-order valence-electron chi connectivity index (χ0n) is 16.6. The van der Waals surface area contributed by atoms with Crippen molar-refractivity contribution in [2.24, 2.45) is 5.92 Å². The van der Waals surface area contributed by atoms with Crippen LogP contribution < -0.4 is 10.2 Å². The molecule has 154 valence electrons. The maximum absolute atomic E-state index is 12.6. The number of benzene rings is 2. The summed E-state index contributed by atoms with van der Waals surface area (Å²) in [5.41, 5.74) is 1.71. The summed E-state index contributed by atoms with van der Waals surface area (Å²) in [7, 11) is 0. The molecule has 0 spiro atoms. The first-order chi connectivity index (χ1) is 14.7. The van der Waals surface area contributed by atoms with E-state index in [0.29, 0.717) is 5.69 Å². The van der Waals surface area contributed by atoms with Gasteiger partial charge in [0.25, 0.3) is 0 Å². The van der Waals surface area contributed by atoms with Crippen LogP contribution in [0.15, 0.2) is 72.0 Å². The molecule has 0 atom stereocenters. The number of amides is 1. The highest BCUT2D eigenvalue weighted by Crippen LogP contribution is 2.27. The molecule has 1 fully saturated rings. The van der Waals surface area contributed by atoms with Crippen molar-refractivity contribution in [3.63, 3.8) is 0 Å². The Morgan fingerprint density at radius 3 is 2.57 bits per heavy atom. The lowest BCUT2D eigenvalue weighted by Crippen LogP contribution is -2.38. The SMILES string of the molecule is O=C(Nc1ccccc1O)C1CCN(c2cncc(SCc3ccccc3)n2)CC1. The summed E-state index contributed by atoms with van der Waals surface area (Å²) in [6.07, 6.45) is 5.06. The van der Waals surface area contributed by atoms with Crippen molar-refractivity contribution in [1.29, 1.82) is 0 Å². The molecule has 4 rings (SSSR count). The number of nitrogens with zero attached hydrogens (tertiary/aromatic N) is 3. The van der Waals surface area contributed by atoms with E-state index in [1.54, 1.807) is 48.4 Å². The summed E-state index contributed by atoms with van der Waals surface area (Å²) in [5.74, 6) is 1.67. The highest BCUT2D eigenvalue weighted by Gasteiger charge is 2.26. The third-order valence-electron chi connectivity index (χ3n) is 5.18. The van der Waals surface area contributed by atoms with E-state index in [1.165, 1.54) is 5.56 Å². The Balaban J connectivity index is 1.31. The number of hydrogen-bond donors (Lipinski definition) is 2. The van der Waals surface area contributed by atoms with E-state index in [0.717, 1.165) is 42.5 Å². The summed E-state index contributed by atoms with van der Waals surface area (Å²) < 4.78 is 0. The summed E-state index contributed by atoms with van der Waals surface area (Å²) >= 11 is 1.67. The van der Waals surface area contributed by atoms with Crippen LogP contribution in [0.3, 0.4) is 0 Å². The third kappa shape index (κ3) is 5.10. The van der Waals surface area contributed by atoms with Crippen LogP contribution in [0.2, 0.25) is 0 Å². The van der Waals surface area contributed by atoms with Crippen molar-refractivity contribution >= 4 is 29.2 Å². The van der Waals surface area contributed by atoms with E-state index >= 15 is 0 Å². The monoisotopic (exact) mass is 420 g/mol. The summed E-state index contributed by atoms with van der Waals surface area (Å²) in [5, 5.41) is 13.6. The van der Waals surface area contributed by atoms with Gasteiger partial charge in [-0.2, -0.15) is 0 Å². The number of phenolic OH excluding ortho intramolecular Hbond substituents is 1. The number of hydrogen-bond acceptors (Lipinski definition) is 6. The largest absolute Gasteiger partial charge is 0.506 e. The van der Waals surface area contributed by atoms with E-state index < -0.39 is 0 Å². The molecule has 0 bridgehead atoms. The van der Waals surface area contributed by atoms with Crippen LogP contribution in [-0.2, 0) is 10.5 Å². The second kappa shape index (κ2) is 9.63. The molecule has 1 aliphatic rings. The molecule has 1 amide bonds.